The lowest BCUT2D eigenvalue weighted by Gasteiger charge is -2.15. The number of hydrogen-bond donors (Lipinski definition) is 1. The van der Waals surface area contributed by atoms with Crippen LogP contribution in [0.3, 0.4) is 0 Å². The number of nitrogens with two attached hydrogens (primary N) is 1. The lowest BCUT2D eigenvalue weighted by Crippen LogP contribution is -2.14. The highest BCUT2D eigenvalue weighted by molar-refractivity contribution is 7.09. The zero-order valence-corrected chi connectivity index (χ0v) is 11.3. The van der Waals surface area contributed by atoms with Gasteiger partial charge in [0.1, 0.15) is 5.01 Å². The third-order valence-corrected chi connectivity index (χ3v) is 3.64. The van der Waals surface area contributed by atoms with E-state index in [1.54, 1.807) is 11.3 Å². The van der Waals surface area contributed by atoms with Gasteiger partial charge < -0.3 is 5.73 Å². The summed E-state index contributed by atoms with van der Waals surface area (Å²) < 4.78 is 0. The molecule has 0 amide bonds. The standard InChI is InChI=1S/C14H18N2S/c1-14(2,3)11-9-17-13(16-11)12(15)10-7-5-4-6-8-10/h4-9,12H,15H2,1-3H3/t12-/m0/s1. The summed E-state index contributed by atoms with van der Waals surface area (Å²) >= 11 is 1.64. The Morgan fingerprint density at radius 2 is 1.82 bits per heavy atom. The largest absolute Gasteiger partial charge is 0.318 e. The van der Waals surface area contributed by atoms with Gasteiger partial charge in [0.2, 0.25) is 0 Å². The number of benzene rings is 1. The zero-order valence-electron chi connectivity index (χ0n) is 10.5. The van der Waals surface area contributed by atoms with Crippen molar-refractivity contribution in [1.82, 2.24) is 4.98 Å². The Labute approximate surface area is 107 Å². The molecule has 1 atom stereocenters. The maximum absolute atomic E-state index is 6.22. The molecular formula is C14H18N2S. The van der Waals surface area contributed by atoms with Crippen molar-refractivity contribution in [2.45, 2.75) is 32.2 Å². The van der Waals surface area contributed by atoms with Crippen LogP contribution in [0.15, 0.2) is 35.7 Å². The van der Waals surface area contributed by atoms with Gasteiger partial charge in [-0.15, -0.1) is 11.3 Å². The van der Waals surface area contributed by atoms with E-state index in [2.05, 4.69) is 31.1 Å². The van der Waals surface area contributed by atoms with Gasteiger partial charge in [0.05, 0.1) is 11.7 Å². The van der Waals surface area contributed by atoms with Crippen molar-refractivity contribution in [2.75, 3.05) is 0 Å². The fraction of sp³-hybridized carbons (Fsp3) is 0.357. The smallest absolute Gasteiger partial charge is 0.114 e. The van der Waals surface area contributed by atoms with E-state index in [4.69, 9.17) is 5.73 Å². The van der Waals surface area contributed by atoms with Gasteiger partial charge in [-0.3, -0.25) is 0 Å². The SMILES string of the molecule is CC(C)(C)c1csc([C@@H](N)c2ccccc2)n1. The third kappa shape index (κ3) is 2.73. The van der Waals surface area contributed by atoms with Crippen molar-refractivity contribution in [3.05, 3.63) is 52.0 Å². The Balaban J connectivity index is 2.27. The zero-order chi connectivity index (χ0) is 12.5. The highest BCUT2D eigenvalue weighted by atomic mass is 32.1. The average molecular weight is 246 g/mol. The molecule has 2 rings (SSSR count). The Kier molecular flexibility index (Phi) is 3.31. The summed E-state index contributed by atoms with van der Waals surface area (Å²) in [6, 6.07) is 9.99. The number of hydrogen-bond acceptors (Lipinski definition) is 3. The first-order valence-corrected chi connectivity index (χ1v) is 6.63. The molecular weight excluding hydrogens is 228 g/mol. The monoisotopic (exact) mass is 246 g/mol. The number of thiazole rings is 1. The molecule has 0 saturated heterocycles. The van der Waals surface area contributed by atoms with Gasteiger partial charge in [-0.2, -0.15) is 0 Å². The van der Waals surface area contributed by atoms with Gasteiger partial charge in [0, 0.05) is 10.8 Å². The minimum absolute atomic E-state index is 0.0885. The first-order valence-electron chi connectivity index (χ1n) is 5.75. The van der Waals surface area contributed by atoms with Crippen LogP contribution in [0.1, 0.15) is 43.1 Å². The van der Waals surface area contributed by atoms with Crippen molar-refractivity contribution in [3.63, 3.8) is 0 Å². The second kappa shape index (κ2) is 4.59. The van der Waals surface area contributed by atoms with Crippen LogP contribution in [-0.4, -0.2) is 4.98 Å². The van der Waals surface area contributed by atoms with Gasteiger partial charge in [0.25, 0.3) is 0 Å². The summed E-state index contributed by atoms with van der Waals surface area (Å²) in [7, 11) is 0. The molecule has 0 bridgehead atoms. The van der Waals surface area contributed by atoms with E-state index >= 15 is 0 Å². The second-order valence-electron chi connectivity index (χ2n) is 5.21. The Morgan fingerprint density at radius 3 is 2.35 bits per heavy atom. The molecule has 0 aliphatic rings. The van der Waals surface area contributed by atoms with Crippen LogP contribution in [0.5, 0.6) is 0 Å². The van der Waals surface area contributed by atoms with Gasteiger partial charge in [0.15, 0.2) is 0 Å². The lowest BCUT2D eigenvalue weighted by molar-refractivity contribution is 0.569. The average Bonchev–Trinajstić information content (AvgIpc) is 2.78. The quantitative estimate of drug-likeness (QED) is 0.881. The molecule has 0 spiro atoms. The maximum Gasteiger partial charge on any atom is 0.114 e. The molecule has 0 aliphatic heterocycles. The summed E-state index contributed by atoms with van der Waals surface area (Å²) in [5.41, 5.74) is 8.54. The van der Waals surface area contributed by atoms with Crippen LogP contribution in [0.4, 0.5) is 0 Å². The van der Waals surface area contributed by atoms with E-state index in [1.165, 1.54) is 0 Å². The lowest BCUT2D eigenvalue weighted by atomic mass is 9.93. The number of rotatable bonds is 2. The predicted molar refractivity (Wildman–Crippen MR) is 73.3 cm³/mol. The molecule has 0 radical (unpaired) electrons. The molecule has 1 aromatic heterocycles. The number of aromatic nitrogens is 1. The van der Waals surface area contributed by atoms with Crippen LogP contribution in [0.2, 0.25) is 0 Å². The van der Waals surface area contributed by atoms with Crippen molar-refractivity contribution < 1.29 is 0 Å². The van der Waals surface area contributed by atoms with Crippen molar-refractivity contribution in [1.29, 1.82) is 0 Å². The molecule has 0 saturated carbocycles. The fourth-order valence-electron chi connectivity index (χ4n) is 1.58. The molecule has 17 heavy (non-hydrogen) atoms. The summed E-state index contributed by atoms with van der Waals surface area (Å²) in [5, 5.41) is 3.10. The van der Waals surface area contributed by atoms with E-state index in [0.29, 0.717) is 0 Å². The molecule has 0 fully saturated rings. The minimum Gasteiger partial charge on any atom is -0.318 e. The van der Waals surface area contributed by atoms with E-state index in [0.717, 1.165) is 16.3 Å². The fourth-order valence-corrected chi connectivity index (χ4v) is 2.65. The molecule has 0 unspecified atom stereocenters. The highest BCUT2D eigenvalue weighted by Crippen LogP contribution is 2.28. The Morgan fingerprint density at radius 1 is 1.18 bits per heavy atom. The van der Waals surface area contributed by atoms with Gasteiger partial charge in [-0.25, -0.2) is 4.98 Å². The molecule has 2 N–H and O–H groups in total. The summed E-state index contributed by atoms with van der Waals surface area (Å²) in [4.78, 5) is 4.65. The van der Waals surface area contributed by atoms with E-state index in [-0.39, 0.29) is 11.5 Å². The Bertz CT molecular complexity index is 482. The summed E-state index contributed by atoms with van der Waals surface area (Å²) in [6.45, 7) is 6.50. The first kappa shape index (κ1) is 12.3. The first-order chi connectivity index (χ1) is 7.98. The van der Waals surface area contributed by atoms with Crippen molar-refractivity contribution >= 4 is 11.3 Å². The van der Waals surface area contributed by atoms with Crippen molar-refractivity contribution in [2.24, 2.45) is 5.73 Å². The van der Waals surface area contributed by atoms with E-state index in [9.17, 15) is 0 Å². The molecule has 2 nitrogen and oxygen atoms in total. The van der Waals surface area contributed by atoms with E-state index < -0.39 is 0 Å². The van der Waals surface area contributed by atoms with Crippen LogP contribution in [-0.2, 0) is 5.41 Å². The predicted octanol–water partition coefficient (Wildman–Crippen LogP) is 3.49. The summed E-state index contributed by atoms with van der Waals surface area (Å²) in [6.07, 6.45) is 0. The normalized spacial score (nSPS) is 13.6. The topological polar surface area (TPSA) is 38.9 Å². The molecule has 0 aliphatic carbocycles. The van der Waals surface area contributed by atoms with Gasteiger partial charge >= 0.3 is 0 Å². The van der Waals surface area contributed by atoms with Gasteiger partial charge in [-0.05, 0) is 5.56 Å². The van der Waals surface area contributed by atoms with Crippen LogP contribution in [0.25, 0.3) is 0 Å². The molecule has 1 heterocycles. The van der Waals surface area contributed by atoms with Crippen LogP contribution >= 0.6 is 11.3 Å². The van der Waals surface area contributed by atoms with Crippen molar-refractivity contribution in [3.8, 4) is 0 Å². The minimum atomic E-state index is -0.114. The molecule has 1 aromatic carbocycles. The molecule has 2 aromatic rings. The Hall–Kier alpha value is -1.19. The molecule has 3 heteroatoms. The molecule has 90 valence electrons. The number of nitrogens with zero attached hydrogens (tertiary/aromatic N) is 1. The second-order valence-corrected chi connectivity index (χ2v) is 6.10. The maximum atomic E-state index is 6.22. The van der Waals surface area contributed by atoms with E-state index in [1.807, 2.05) is 30.3 Å². The highest BCUT2D eigenvalue weighted by Gasteiger charge is 2.20. The van der Waals surface area contributed by atoms with Crippen LogP contribution < -0.4 is 5.73 Å². The third-order valence-electron chi connectivity index (χ3n) is 2.72. The van der Waals surface area contributed by atoms with Gasteiger partial charge in [-0.1, -0.05) is 51.1 Å². The summed E-state index contributed by atoms with van der Waals surface area (Å²) in [5.74, 6) is 0. The van der Waals surface area contributed by atoms with Crippen LogP contribution in [0, 0.1) is 0 Å².